The Balaban J connectivity index is 1.20. The van der Waals surface area contributed by atoms with Gasteiger partial charge in [-0.25, -0.2) is 0 Å². The van der Waals surface area contributed by atoms with Crippen LogP contribution in [0.15, 0.2) is 78.9 Å². The number of carbonyl (C=O) groups excluding carboxylic acids is 2. The molecule has 1 saturated heterocycles. The molecule has 3 atom stereocenters. The number of hydrogen-bond donors (Lipinski definition) is 3. The molecule has 0 aromatic heterocycles. The maximum Gasteiger partial charge on any atom is 0.251 e. The lowest BCUT2D eigenvalue weighted by atomic mass is 10.0. The summed E-state index contributed by atoms with van der Waals surface area (Å²) in [7, 11) is 0. The lowest BCUT2D eigenvalue weighted by molar-refractivity contribution is -0.134. The van der Waals surface area contributed by atoms with Crippen LogP contribution in [0.2, 0.25) is 0 Å². The molecule has 192 valence electrons. The zero-order valence-corrected chi connectivity index (χ0v) is 21.5. The highest BCUT2D eigenvalue weighted by molar-refractivity contribution is 5.98. The zero-order chi connectivity index (χ0) is 25.6. The van der Waals surface area contributed by atoms with E-state index in [1.54, 1.807) is 0 Å². The van der Waals surface area contributed by atoms with Crippen molar-refractivity contribution in [2.24, 2.45) is 0 Å². The number of amides is 2. The van der Waals surface area contributed by atoms with E-state index in [2.05, 4.69) is 47.1 Å². The van der Waals surface area contributed by atoms with Gasteiger partial charge >= 0.3 is 0 Å². The monoisotopic (exact) mass is 496 g/mol. The second-order valence-corrected chi connectivity index (χ2v) is 10.1. The SMILES string of the molecule is Cc1ccc([C@@H]2C[C@H]2NCC[C@H](NC(=O)c2ccc(-c3ccccc3)cc2)C(=O)N2CCNCC2)cc1. The summed E-state index contributed by atoms with van der Waals surface area (Å²) in [5.41, 5.74) is 5.36. The Hall–Kier alpha value is -3.48. The predicted molar refractivity (Wildman–Crippen MR) is 148 cm³/mol. The molecule has 6 nitrogen and oxygen atoms in total. The van der Waals surface area contributed by atoms with E-state index in [9.17, 15) is 9.59 Å². The molecule has 1 saturated carbocycles. The fourth-order valence-electron chi connectivity index (χ4n) is 5.06. The Morgan fingerprint density at radius 3 is 2.30 bits per heavy atom. The minimum Gasteiger partial charge on any atom is -0.340 e. The molecular formula is C31H36N4O2. The summed E-state index contributed by atoms with van der Waals surface area (Å²) in [4.78, 5) is 28.4. The van der Waals surface area contributed by atoms with Crippen LogP contribution in [-0.2, 0) is 4.79 Å². The second-order valence-electron chi connectivity index (χ2n) is 10.1. The maximum absolute atomic E-state index is 13.4. The van der Waals surface area contributed by atoms with Crippen molar-refractivity contribution in [3.05, 3.63) is 95.6 Å². The third-order valence-corrected chi connectivity index (χ3v) is 7.42. The van der Waals surface area contributed by atoms with E-state index in [0.717, 1.165) is 30.6 Å². The Labute approximate surface area is 219 Å². The number of nitrogens with one attached hydrogen (secondary N) is 3. The molecule has 3 N–H and O–H groups in total. The smallest absolute Gasteiger partial charge is 0.251 e. The summed E-state index contributed by atoms with van der Waals surface area (Å²) >= 11 is 0. The third kappa shape index (κ3) is 6.45. The molecule has 2 amide bonds. The summed E-state index contributed by atoms with van der Waals surface area (Å²) in [5, 5.41) is 9.95. The van der Waals surface area contributed by atoms with Crippen molar-refractivity contribution >= 4 is 11.8 Å². The quantitative estimate of drug-likeness (QED) is 0.422. The molecule has 0 spiro atoms. The Morgan fingerprint density at radius 1 is 0.919 bits per heavy atom. The largest absolute Gasteiger partial charge is 0.340 e. The van der Waals surface area contributed by atoms with Crippen molar-refractivity contribution in [2.75, 3.05) is 32.7 Å². The number of benzene rings is 3. The highest BCUT2D eigenvalue weighted by Crippen LogP contribution is 2.40. The minimum atomic E-state index is -0.552. The first-order chi connectivity index (χ1) is 18.1. The van der Waals surface area contributed by atoms with E-state index in [0.29, 0.717) is 43.6 Å². The molecular weight excluding hydrogens is 460 g/mol. The van der Waals surface area contributed by atoms with Gasteiger partial charge in [0.25, 0.3) is 5.91 Å². The Morgan fingerprint density at radius 2 is 1.59 bits per heavy atom. The molecule has 2 fully saturated rings. The second kappa shape index (κ2) is 11.7. The van der Waals surface area contributed by atoms with Crippen molar-refractivity contribution in [2.45, 2.75) is 37.8 Å². The Kier molecular flexibility index (Phi) is 7.97. The van der Waals surface area contributed by atoms with Crippen LogP contribution in [0.3, 0.4) is 0 Å². The molecule has 37 heavy (non-hydrogen) atoms. The summed E-state index contributed by atoms with van der Waals surface area (Å²) in [6.07, 6.45) is 1.67. The van der Waals surface area contributed by atoms with E-state index in [1.165, 1.54) is 11.1 Å². The van der Waals surface area contributed by atoms with E-state index in [4.69, 9.17) is 0 Å². The number of aryl methyl sites for hydroxylation is 1. The standard InChI is InChI=1S/C31H36N4O2/c1-22-7-9-25(10-8-22)27-21-29(27)33-16-15-28(31(37)35-19-17-32-18-20-35)34-30(36)26-13-11-24(12-14-26)23-5-3-2-4-6-23/h2-14,27-29,32-33H,15-21H2,1H3,(H,34,36)/t27-,28-,29+/m0/s1. The lowest BCUT2D eigenvalue weighted by Gasteiger charge is -2.31. The van der Waals surface area contributed by atoms with Gasteiger partial charge in [0.05, 0.1) is 0 Å². The zero-order valence-electron chi connectivity index (χ0n) is 21.5. The van der Waals surface area contributed by atoms with Crippen LogP contribution in [0.1, 0.15) is 40.2 Å². The average molecular weight is 497 g/mol. The summed E-state index contributed by atoms with van der Waals surface area (Å²) < 4.78 is 0. The van der Waals surface area contributed by atoms with Gasteiger partial charge in [0, 0.05) is 43.7 Å². The molecule has 3 aromatic carbocycles. The van der Waals surface area contributed by atoms with Gasteiger partial charge < -0.3 is 20.9 Å². The van der Waals surface area contributed by atoms with Gasteiger partial charge in [-0.2, -0.15) is 0 Å². The van der Waals surface area contributed by atoms with Gasteiger partial charge in [0.15, 0.2) is 0 Å². The summed E-state index contributed by atoms with van der Waals surface area (Å²) in [6.45, 7) is 5.69. The highest BCUT2D eigenvalue weighted by Gasteiger charge is 2.38. The number of nitrogens with zero attached hydrogens (tertiary/aromatic N) is 1. The fraction of sp³-hybridized carbons (Fsp3) is 0.355. The van der Waals surface area contributed by atoms with Crippen LogP contribution in [-0.4, -0.2) is 61.5 Å². The molecule has 0 bridgehead atoms. The molecule has 1 aliphatic carbocycles. The highest BCUT2D eigenvalue weighted by atomic mass is 16.2. The number of carbonyl (C=O) groups is 2. The van der Waals surface area contributed by atoms with Crippen molar-refractivity contribution in [3.63, 3.8) is 0 Å². The van der Waals surface area contributed by atoms with Gasteiger partial charge in [-0.15, -0.1) is 0 Å². The first-order valence-electron chi connectivity index (χ1n) is 13.3. The van der Waals surface area contributed by atoms with Crippen molar-refractivity contribution < 1.29 is 9.59 Å². The summed E-state index contributed by atoms with van der Waals surface area (Å²) in [5.74, 6) is 0.320. The van der Waals surface area contributed by atoms with Gasteiger partial charge in [-0.1, -0.05) is 72.3 Å². The maximum atomic E-state index is 13.4. The van der Waals surface area contributed by atoms with Crippen LogP contribution in [0.5, 0.6) is 0 Å². The number of hydrogen-bond acceptors (Lipinski definition) is 4. The molecule has 1 heterocycles. The van der Waals surface area contributed by atoms with E-state index < -0.39 is 6.04 Å². The van der Waals surface area contributed by atoms with Crippen molar-refractivity contribution in [1.29, 1.82) is 0 Å². The first kappa shape index (κ1) is 25.2. The number of rotatable bonds is 9. The Bertz CT molecular complexity index is 1190. The van der Waals surface area contributed by atoms with E-state index in [-0.39, 0.29) is 11.8 Å². The average Bonchev–Trinajstić information content (AvgIpc) is 3.73. The number of piperazine rings is 1. The van der Waals surface area contributed by atoms with Crippen LogP contribution >= 0.6 is 0 Å². The minimum absolute atomic E-state index is 0.00318. The van der Waals surface area contributed by atoms with Crippen LogP contribution in [0.25, 0.3) is 11.1 Å². The molecule has 0 unspecified atom stereocenters. The molecule has 0 radical (unpaired) electrons. The first-order valence-corrected chi connectivity index (χ1v) is 13.3. The van der Waals surface area contributed by atoms with E-state index in [1.807, 2.05) is 59.5 Å². The predicted octanol–water partition coefficient (Wildman–Crippen LogP) is 3.73. The van der Waals surface area contributed by atoms with Crippen LogP contribution in [0, 0.1) is 6.92 Å². The molecule has 6 heteroatoms. The molecule has 3 aromatic rings. The fourth-order valence-corrected chi connectivity index (χ4v) is 5.06. The molecule has 2 aliphatic rings. The van der Waals surface area contributed by atoms with E-state index >= 15 is 0 Å². The van der Waals surface area contributed by atoms with Gasteiger partial charge in [-0.05, 0) is 55.1 Å². The topological polar surface area (TPSA) is 73.5 Å². The van der Waals surface area contributed by atoms with Crippen molar-refractivity contribution in [3.8, 4) is 11.1 Å². The van der Waals surface area contributed by atoms with Gasteiger partial charge in [0.1, 0.15) is 6.04 Å². The van der Waals surface area contributed by atoms with Crippen LogP contribution in [0.4, 0.5) is 0 Å². The third-order valence-electron chi connectivity index (χ3n) is 7.42. The van der Waals surface area contributed by atoms with Gasteiger partial charge in [0.2, 0.25) is 5.91 Å². The van der Waals surface area contributed by atoms with Gasteiger partial charge in [-0.3, -0.25) is 9.59 Å². The molecule has 1 aliphatic heterocycles. The van der Waals surface area contributed by atoms with Crippen LogP contribution < -0.4 is 16.0 Å². The summed E-state index contributed by atoms with van der Waals surface area (Å²) in [6, 6.07) is 26.3. The lowest BCUT2D eigenvalue weighted by Crippen LogP contribution is -2.54. The molecule has 5 rings (SSSR count). The normalized spacial score (nSPS) is 19.8. The van der Waals surface area contributed by atoms with Crippen molar-refractivity contribution in [1.82, 2.24) is 20.9 Å².